The molecule has 0 atom stereocenters. The third-order valence-electron chi connectivity index (χ3n) is 4.49. The second kappa shape index (κ2) is 3.59. The number of H-pyrrole nitrogens is 1. The Morgan fingerprint density at radius 1 is 1.31 bits per heavy atom. The average Bonchev–Trinajstić information content (AvgIpc) is 2.77. The van der Waals surface area contributed by atoms with Crippen molar-refractivity contribution >= 4 is 0 Å². The maximum Gasteiger partial charge on any atom is 0.0925 e. The lowest BCUT2D eigenvalue weighted by Crippen LogP contribution is -2.43. The quantitative estimate of drug-likeness (QED) is 0.783. The number of aromatic nitrogens is 2. The topological polar surface area (TPSA) is 31.9 Å². The molecule has 1 aromatic heterocycles. The van der Waals surface area contributed by atoms with Crippen LogP contribution in [-0.2, 0) is 12.8 Å². The van der Waals surface area contributed by atoms with Crippen molar-refractivity contribution in [1.82, 2.24) is 14.9 Å². The fourth-order valence-electron chi connectivity index (χ4n) is 3.32. The fourth-order valence-corrected chi connectivity index (χ4v) is 3.32. The Balaban J connectivity index is 1.69. The SMILES string of the molecule is CC(C)N1CCC2(CC1)Cc1nc[nH]c1C2. The van der Waals surface area contributed by atoms with Gasteiger partial charge in [0.15, 0.2) is 0 Å². The average molecular weight is 219 g/mol. The van der Waals surface area contributed by atoms with Gasteiger partial charge in [0.1, 0.15) is 0 Å². The van der Waals surface area contributed by atoms with E-state index in [1.165, 1.54) is 50.2 Å². The van der Waals surface area contributed by atoms with Gasteiger partial charge in [-0.1, -0.05) is 0 Å². The van der Waals surface area contributed by atoms with Gasteiger partial charge < -0.3 is 9.88 Å². The molecule has 1 aliphatic carbocycles. The Morgan fingerprint density at radius 3 is 2.69 bits per heavy atom. The highest BCUT2D eigenvalue weighted by atomic mass is 15.2. The summed E-state index contributed by atoms with van der Waals surface area (Å²) in [4.78, 5) is 10.3. The van der Waals surface area contributed by atoms with Crippen LogP contribution < -0.4 is 0 Å². The van der Waals surface area contributed by atoms with Gasteiger partial charge >= 0.3 is 0 Å². The van der Waals surface area contributed by atoms with E-state index < -0.39 is 0 Å². The predicted molar refractivity (Wildman–Crippen MR) is 64.4 cm³/mol. The van der Waals surface area contributed by atoms with Crippen LogP contribution in [0.5, 0.6) is 0 Å². The molecule has 0 aromatic carbocycles. The van der Waals surface area contributed by atoms with Gasteiger partial charge in [-0.15, -0.1) is 0 Å². The van der Waals surface area contributed by atoms with Crippen LogP contribution in [0.3, 0.4) is 0 Å². The largest absolute Gasteiger partial charge is 0.348 e. The summed E-state index contributed by atoms with van der Waals surface area (Å²) in [5.41, 5.74) is 3.27. The molecule has 1 aromatic rings. The second-order valence-electron chi connectivity index (χ2n) is 5.81. The first-order valence-electron chi connectivity index (χ1n) is 6.44. The summed E-state index contributed by atoms with van der Waals surface area (Å²) in [7, 11) is 0. The molecule has 0 saturated carbocycles. The van der Waals surface area contributed by atoms with Gasteiger partial charge in [-0.3, -0.25) is 0 Å². The molecule has 3 heteroatoms. The second-order valence-corrected chi connectivity index (χ2v) is 5.81. The molecule has 1 spiro atoms. The van der Waals surface area contributed by atoms with E-state index >= 15 is 0 Å². The molecule has 2 aliphatic rings. The molecule has 1 fully saturated rings. The molecular weight excluding hydrogens is 198 g/mol. The minimum Gasteiger partial charge on any atom is -0.348 e. The van der Waals surface area contributed by atoms with E-state index in [1.807, 2.05) is 6.33 Å². The highest BCUT2D eigenvalue weighted by molar-refractivity contribution is 5.23. The number of aromatic amines is 1. The molecule has 3 nitrogen and oxygen atoms in total. The number of piperidine rings is 1. The van der Waals surface area contributed by atoms with Crippen molar-refractivity contribution in [2.75, 3.05) is 13.1 Å². The third kappa shape index (κ3) is 1.58. The van der Waals surface area contributed by atoms with Crippen molar-refractivity contribution in [1.29, 1.82) is 0 Å². The van der Waals surface area contributed by atoms with Crippen LogP contribution in [0.15, 0.2) is 6.33 Å². The van der Waals surface area contributed by atoms with Crippen molar-refractivity contribution < 1.29 is 0 Å². The lowest BCUT2D eigenvalue weighted by Gasteiger charge is -2.41. The molecule has 1 saturated heterocycles. The van der Waals surface area contributed by atoms with Gasteiger partial charge in [-0.25, -0.2) is 4.98 Å². The summed E-state index contributed by atoms with van der Waals surface area (Å²) in [6.07, 6.45) is 6.97. The van der Waals surface area contributed by atoms with Crippen molar-refractivity contribution in [3.63, 3.8) is 0 Å². The Hall–Kier alpha value is -0.830. The normalized spacial score (nSPS) is 24.2. The van der Waals surface area contributed by atoms with E-state index in [-0.39, 0.29) is 0 Å². The van der Waals surface area contributed by atoms with Crippen LogP contribution in [0.2, 0.25) is 0 Å². The lowest BCUT2D eigenvalue weighted by molar-refractivity contribution is 0.0886. The van der Waals surface area contributed by atoms with Gasteiger partial charge in [0.05, 0.1) is 12.0 Å². The van der Waals surface area contributed by atoms with Gasteiger partial charge in [-0.2, -0.15) is 0 Å². The first kappa shape index (κ1) is 10.3. The molecule has 88 valence electrons. The molecular formula is C13H21N3. The molecule has 16 heavy (non-hydrogen) atoms. The number of imidazole rings is 1. The van der Waals surface area contributed by atoms with Crippen molar-refractivity contribution in [2.45, 2.75) is 45.6 Å². The molecule has 1 N–H and O–H groups in total. The van der Waals surface area contributed by atoms with Crippen LogP contribution in [0.4, 0.5) is 0 Å². The van der Waals surface area contributed by atoms with Crippen molar-refractivity contribution in [2.24, 2.45) is 5.41 Å². The summed E-state index contributed by atoms with van der Waals surface area (Å²) in [5, 5.41) is 0. The van der Waals surface area contributed by atoms with Crippen LogP contribution in [0, 0.1) is 5.41 Å². The van der Waals surface area contributed by atoms with E-state index in [1.54, 1.807) is 0 Å². The number of nitrogens with one attached hydrogen (secondary N) is 1. The Kier molecular flexibility index (Phi) is 2.32. The van der Waals surface area contributed by atoms with E-state index in [0.29, 0.717) is 11.5 Å². The first-order valence-corrected chi connectivity index (χ1v) is 6.44. The maximum absolute atomic E-state index is 4.43. The minimum atomic E-state index is 0.542. The summed E-state index contributed by atoms with van der Waals surface area (Å²) in [5.74, 6) is 0. The Morgan fingerprint density at radius 2 is 2.06 bits per heavy atom. The number of likely N-dealkylation sites (tertiary alicyclic amines) is 1. The molecule has 3 rings (SSSR count). The monoisotopic (exact) mass is 219 g/mol. The number of hydrogen-bond acceptors (Lipinski definition) is 2. The van der Waals surface area contributed by atoms with Gasteiger partial charge in [0, 0.05) is 11.7 Å². The zero-order valence-electron chi connectivity index (χ0n) is 10.3. The van der Waals surface area contributed by atoms with Gasteiger partial charge in [-0.05, 0) is 58.0 Å². The Bertz CT molecular complexity index is 350. The summed E-state index contributed by atoms with van der Waals surface area (Å²) >= 11 is 0. The molecule has 0 radical (unpaired) electrons. The van der Waals surface area contributed by atoms with Gasteiger partial charge in [0.25, 0.3) is 0 Å². The zero-order valence-corrected chi connectivity index (χ0v) is 10.3. The number of nitrogens with zero attached hydrogens (tertiary/aromatic N) is 2. The molecule has 2 heterocycles. The highest BCUT2D eigenvalue weighted by Gasteiger charge is 2.41. The van der Waals surface area contributed by atoms with Gasteiger partial charge in [0.2, 0.25) is 0 Å². The number of fused-ring (bicyclic) bond motifs is 1. The van der Waals surface area contributed by atoms with E-state index in [9.17, 15) is 0 Å². The number of hydrogen-bond donors (Lipinski definition) is 1. The maximum atomic E-state index is 4.43. The van der Waals surface area contributed by atoms with Crippen LogP contribution in [0.1, 0.15) is 38.1 Å². The Labute approximate surface area is 97.3 Å². The molecule has 0 amide bonds. The third-order valence-corrected chi connectivity index (χ3v) is 4.49. The summed E-state index contributed by atoms with van der Waals surface area (Å²) < 4.78 is 0. The lowest BCUT2D eigenvalue weighted by atomic mass is 9.76. The molecule has 0 unspecified atom stereocenters. The summed E-state index contributed by atoms with van der Waals surface area (Å²) in [6.45, 7) is 7.14. The van der Waals surface area contributed by atoms with E-state index in [2.05, 4.69) is 28.7 Å². The van der Waals surface area contributed by atoms with Crippen LogP contribution in [0.25, 0.3) is 0 Å². The smallest absolute Gasteiger partial charge is 0.0925 e. The first-order chi connectivity index (χ1) is 7.69. The highest BCUT2D eigenvalue weighted by Crippen LogP contribution is 2.43. The number of rotatable bonds is 1. The van der Waals surface area contributed by atoms with E-state index in [0.717, 1.165) is 0 Å². The summed E-state index contributed by atoms with van der Waals surface area (Å²) in [6, 6.07) is 0.703. The van der Waals surface area contributed by atoms with Crippen LogP contribution >= 0.6 is 0 Å². The molecule has 1 aliphatic heterocycles. The predicted octanol–water partition coefficient (Wildman–Crippen LogP) is 2.00. The zero-order chi connectivity index (χ0) is 11.2. The fraction of sp³-hybridized carbons (Fsp3) is 0.769. The minimum absolute atomic E-state index is 0.542. The van der Waals surface area contributed by atoms with E-state index in [4.69, 9.17) is 0 Å². The standard InChI is InChI=1S/C13H21N3/c1-10(2)16-5-3-13(4-6-16)7-11-12(8-13)15-9-14-11/h9-10H,3-8H2,1-2H3,(H,14,15). The molecule has 0 bridgehead atoms. The van der Waals surface area contributed by atoms with Crippen molar-refractivity contribution in [3.05, 3.63) is 17.7 Å². The van der Waals surface area contributed by atoms with Crippen molar-refractivity contribution in [3.8, 4) is 0 Å². The van der Waals surface area contributed by atoms with Crippen LogP contribution in [-0.4, -0.2) is 34.0 Å².